The summed E-state index contributed by atoms with van der Waals surface area (Å²) < 4.78 is 23.1. The minimum absolute atomic E-state index is 0.00117. The van der Waals surface area contributed by atoms with E-state index in [9.17, 15) is 13.2 Å². The van der Waals surface area contributed by atoms with E-state index in [1.165, 1.54) is 0 Å². The highest BCUT2D eigenvalue weighted by atomic mass is 35.5. The monoisotopic (exact) mass is 358 g/mol. The van der Waals surface area contributed by atoms with Crippen molar-refractivity contribution >= 4 is 27.3 Å². The Balaban J connectivity index is 1.78. The highest BCUT2D eigenvalue weighted by molar-refractivity contribution is 7.91. The number of hydrogen-bond donors (Lipinski definition) is 1. The van der Waals surface area contributed by atoms with Gasteiger partial charge in [0.1, 0.15) is 0 Å². The molecule has 0 bridgehead atoms. The fraction of sp³-hybridized carbons (Fsp3) is 0.562. The van der Waals surface area contributed by atoms with Crippen molar-refractivity contribution in [2.24, 2.45) is 0 Å². The van der Waals surface area contributed by atoms with E-state index in [1.807, 2.05) is 31.2 Å². The number of halogens is 1. The molecule has 23 heavy (non-hydrogen) atoms. The molecule has 1 N–H and O–H groups in total. The summed E-state index contributed by atoms with van der Waals surface area (Å²) in [5.74, 6) is 0.285. The third-order valence-electron chi connectivity index (χ3n) is 4.10. The molecule has 0 saturated carbocycles. The predicted octanol–water partition coefficient (Wildman–Crippen LogP) is 1.86. The van der Waals surface area contributed by atoms with E-state index in [1.54, 1.807) is 4.90 Å². The number of nitrogens with zero attached hydrogens (tertiary/aromatic N) is 1. The lowest BCUT2D eigenvalue weighted by atomic mass is 10.2. The molecular weight excluding hydrogens is 336 g/mol. The van der Waals surface area contributed by atoms with Gasteiger partial charge >= 0.3 is 0 Å². The van der Waals surface area contributed by atoms with Gasteiger partial charge in [0.05, 0.1) is 11.5 Å². The molecule has 1 aromatic rings. The smallest absolute Gasteiger partial charge is 0.224 e. The van der Waals surface area contributed by atoms with Crippen LogP contribution >= 0.6 is 11.6 Å². The summed E-state index contributed by atoms with van der Waals surface area (Å²) in [6, 6.07) is 7.42. The maximum atomic E-state index is 12.3. The second-order valence-electron chi connectivity index (χ2n) is 5.75. The van der Waals surface area contributed by atoms with Gasteiger partial charge in [-0.3, -0.25) is 4.79 Å². The molecule has 0 aromatic heterocycles. The molecule has 7 heteroatoms. The van der Waals surface area contributed by atoms with Crippen molar-refractivity contribution in [2.75, 3.05) is 24.6 Å². The Morgan fingerprint density at radius 3 is 2.74 bits per heavy atom. The molecule has 128 valence electrons. The summed E-state index contributed by atoms with van der Waals surface area (Å²) >= 11 is 6.08. The molecule has 1 aliphatic heterocycles. The van der Waals surface area contributed by atoms with Gasteiger partial charge in [-0.25, -0.2) is 8.42 Å². The fourth-order valence-corrected chi connectivity index (χ4v) is 4.80. The van der Waals surface area contributed by atoms with Gasteiger partial charge < -0.3 is 10.2 Å². The van der Waals surface area contributed by atoms with Gasteiger partial charge in [0.25, 0.3) is 0 Å². The molecule has 1 fully saturated rings. The average Bonchev–Trinajstić information content (AvgIpc) is 2.86. The molecule has 1 saturated heterocycles. The summed E-state index contributed by atoms with van der Waals surface area (Å²) in [5, 5.41) is 3.92. The van der Waals surface area contributed by atoms with Crippen LogP contribution in [0.3, 0.4) is 0 Å². The zero-order chi connectivity index (χ0) is 16.9. The average molecular weight is 359 g/mol. The number of carbonyl (C=O) groups is 1. The van der Waals surface area contributed by atoms with Crippen LogP contribution in [0.5, 0.6) is 0 Å². The number of nitrogens with one attached hydrogen (secondary N) is 1. The quantitative estimate of drug-likeness (QED) is 0.755. The summed E-state index contributed by atoms with van der Waals surface area (Å²) in [5.41, 5.74) is 0.996. The molecule has 1 aromatic carbocycles. The van der Waals surface area contributed by atoms with Crippen LogP contribution in [-0.2, 0) is 21.2 Å². The summed E-state index contributed by atoms with van der Waals surface area (Å²) in [7, 11) is -2.97. The van der Waals surface area contributed by atoms with Crippen molar-refractivity contribution < 1.29 is 13.2 Å². The van der Waals surface area contributed by atoms with Crippen molar-refractivity contribution in [3.63, 3.8) is 0 Å². The van der Waals surface area contributed by atoms with Crippen molar-refractivity contribution in [2.45, 2.75) is 32.4 Å². The second kappa shape index (κ2) is 8.13. The number of rotatable bonds is 7. The van der Waals surface area contributed by atoms with Crippen molar-refractivity contribution in [3.05, 3.63) is 34.9 Å². The lowest BCUT2D eigenvalue weighted by Crippen LogP contribution is -2.41. The van der Waals surface area contributed by atoms with Gasteiger partial charge in [0, 0.05) is 37.1 Å². The zero-order valence-electron chi connectivity index (χ0n) is 13.3. The van der Waals surface area contributed by atoms with Gasteiger partial charge in [0.15, 0.2) is 9.84 Å². The first-order valence-electron chi connectivity index (χ1n) is 7.87. The van der Waals surface area contributed by atoms with Crippen LogP contribution in [-0.4, -0.2) is 49.9 Å². The topological polar surface area (TPSA) is 66.5 Å². The summed E-state index contributed by atoms with van der Waals surface area (Å²) in [6.45, 7) is 3.58. The van der Waals surface area contributed by atoms with Crippen LogP contribution in [0.25, 0.3) is 0 Å². The van der Waals surface area contributed by atoms with Gasteiger partial charge in [-0.15, -0.1) is 0 Å². The predicted molar refractivity (Wildman–Crippen MR) is 92.2 cm³/mol. The SMILES string of the molecule is CCN(C(=O)CCNCc1ccccc1Cl)C1CCS(=O)(=O)C1. The molecule has 1 amide bonds. The summed E-state index contributed by atoms with van der Waals surface area (Å²) in [4.78, 5) is 14.0. The van der Waals surface area contributed by atoms with Crippen molar-refractivity contribution in [3.8, 4) is 0 Å². The highest BCUT2D eigenvalue weighted by Crippen LogP contribution is 2.18. The number of hydrogen-bond acceptors (Lipinski definition) is 4. The zero-order valence-corrected chi connectivity index (χ0v) is 14.9. The molecule has 0 aliphatic carbocycles. The number of sulfone groups is 1. The second-order valence-corrected chi connectivity index (χ2v) is 8.39. The van der Waals surface area contributed by atoms with Crippen LogP contribution in [0.1, 0.15) is 25.3 Å². The minimum Gasteiger partial charge on any atom is -0.339 e. The number of carbonyl (C=O) groups excluding carboxylic acids is 1. The standard InChI is InChI=1S/C16H23ClN2O3S/c1-2-19(14-8-10-23(21,22)12-14)16(20)7-9-18-11-13-5-3-4-6-15(13)17/h3-6,14,18H,2,7-12H2,1H3. The van der Waals surface area contributed by atoms with E-state index in [0.717, 1.165) is 5.56 Å². The Kier molecular flexibility index (Phi) is 6.44. The molecule has 0 radical (unpaired) electrons. The van der Waals surface area contributed by atoms with Crippen LogP contribution in [0, 0.1) is 0 Å². The number of benzene rings is 1. The molecular formula is C16H23ClN2O3S. The maximum Gasteiger partial charge on any atom is 0.224 e. The van der Waals surface area contributed by atoms with Crippen LogP contribution < -0.4 is 5.32 Å². The van der Waals surface area contributed by atoms with Gasteiger partial charge in [-0.05, 0) is 25.0 Å². The van der Waals surface area contributed by atoms with Gasteiger partial charge in [0.2, 0.25) is 5.91 Å². The normalized spacial score (nSPS) is 19.7. The van der Waals surface area contributed by atoms with E-state index in [4.69, 9.17) is 11.6 Å². The van der Waals surface area contributed by atoms with Crippen LogP contribution in [0.4, 0.5) is 0 Å². The third kappa shape index (κ3) is 5.19. The third-order valence-corrected chi connectivity index (χ3v) is 6.22. The van der Waals surface area contributed by atoms with E-state index in [2.05, 4.69) is 5.32 Å². The van der Waals surface area contributed by atoms with E-state index >= 15 is 0 Å². The molecule has 0 spiro atoms. The van der Waals surface area contributed by atoms with E-state index in [-0.39, 0.29) is 23.5 Å². The fourth-order valence-electron chi connectivity index (χ4n) is 2.86. The Labute approximate surface area is 142 Å². The van der Waals surface area contributed by atoms with Crippen molar-refractivity contribution in [1.29, 1.82) is 0 Å². The number of amides is 1. The van der Waals surface area contributed by atoms with Gasteiger partial charge in [-0.2, -0.15) is 0 Å². The Morgan fingerprint density at radius 1 is 1.39 bits per heavy atom. The lowest BCUT2D eigenvalue weighted by Gasteiger charge is -2.27. The van der Waals surface area contributed by atoms with E-state index < -0.39 is 9.84 Å². The van der Waals surface area contributed by atoms with Crippen molar-refractivity contribution in [1.82, 2.24) is 10.2 Å². The molecule has 1 atom stereocenters. The first-order chi connectivity index (χ1) is 10.9. The molecule has 1 heterocycles. The molecule has 2 rings (SSSR count). The first-order valence-corrected chi connectivity index (χ1v) is 10.1. The Hall–Kier alpha value is -1.11. The van der Waals surface area contributed by atoms with Gasteiger partial charge in [-0.1, -0.05) is 29.8 Å². The van der Waals surface area contributed by atoms with Crippen LogP contribution in [0.15, 0.2) is 24.3 Å². The first kappa shape index (κ1) is 18.2. The lowest BCUT2D eigenvalue weighted by molar-refractivity contribution is -0.132. The molecule has 1 unspecified atom stereocenters. The van der Waals surface area contributed by atoms with E-state index in [0.29, 0.717) is 37.5 Å². The largest absolute Gasteiger partial charge is 0.339 e. The molecule has 5 nitrogen and oxygen atoms in total. The Bertz CT molecular complexity index is 648. The Morgan fingerprint density at radius 2 is 2.13 bits per heavy atom. The maximum absolute atomic E-state index is 12.3. The highest BCUT2D eigenvalue weighted by Gasteiger charge is 2.33. The van der Waals surface area contributed by atoms with Crippen LogP contribution in [0.2, 0.25) is 5.02 Å². The molecule has 1 aliphatic rings. The minimum atomic E-state index is -2.97. The summed E-state index contributed by atoms with van der Waals surface area (Å²) in [6.07, 6.45) is 0.907.